The van der Waals surface area contributed by atoms with Gasteiger partial charge in [0.15, 0.2) is 0 Å². The van der Waals surface area contributed by atoms with Crippen molar-refractivity contribution in [3.8, 4) is 5.75 Å². The summed E-state index contributed by atoms with van der Waals surface area (Å²) in [6, 6.07) is 5.12. The molecule has 25 heavy (non-hydrogen) atoms. The standard InChI is InChI=1S/C18H23N5O2/c1-22-6-4-13-14(22)8-23(13)17-15(25-11-5-7-24-9-11)3-2-12-16(17)18(19)21-10-20-12/h2-3,10-11,13-14H,4-9H2,1H3,(H2,19,20,21)/t11-,13-,14-/m0/s1. The summed E-state index contributed by atoms with van der Waals surface area (Å²) >= 11 is 0. The summed E-state index contributed by atoms with van der Waals surface area (Å²) in [5, 5.41) is 0.909. The third-order valence-corrected chi connectivity index (χ3v) is 5.81. The van der Waals surface area contributed by atoms with Gasteiger partial charge >= 0.3 is 0 Å². The van der Waals surface area contributed by atoms with Crippen LogP contribution < -0.4 is 15.4 Å². The number of hydrogen-bond donors (Lipinski definition) is 1. The lowest BCUT2D eigenvalue weighted by molar-refractivity contribution is 0.141. The van der Waals surface area contributed by atoms with Crippen LogP contribution in [-0.2, 0) is 4.74 Å². The van der Waals surface area contributed by atoms with Crippen molar-refractivity contribution in [2.75, 3.05) is 44.0 Å². The summed E-state index contributed by atoms with van der Waals surface area (Å²) in [6.07, 6.45) is 3.71. The van der Waals surface area contributed by atoms with Crippen molar-refractivity contribution in [1.29, 1.82) is 0 Å². The topological polar surface area (TPSA) is 76.7 Å². The van der Waals surface area contributed by atoms with Crippen LogP contribution >= 0.6 is 0 Å². The summed E-state index contributed by atoms with van der Waals surface area (Å²) < 4.78 is 11.8. The fraction of sp³-hybridized carbons (Fsp3) is 0.556. The van der Waals surface area contributed by atoms with Crippen molar-refractivity contribution >= 4 is 22.4 Å². The van der Waals surface area contributed by atoms with E-state index in [1.165, 1.54) is 6.33 Å². The number of ether oxygens (including phenoxy) is 2. The first-order chi connectivity index (χ1) is 12.2. The van der Waals surface area contributed by atoms with E-state index < -0.39 is 0 Å². The maximum atomic E-state index is 6.31. The number of fused-ring (bicyclic) bond motifs is 2. The number of likely N-dealkylation sites (tertiary alicyclic amines) is 1. The van der Waals surface area contributed by atoms with Crippen molar-refractivity contribution in [2.24, 2.45) is 0 Å². The molecule has 0 amide bonds. The molecule has 4 heterocycles. The third-order valence-electron chi connectivity index (χ3n) is 5.81. The van der Waals surface area contributed by atoms with E-state index in [-0.39, 0.29) is 6.10 Å². The van der Waals surface area contributed by atoms with Crippen molar-refractivity contribution in [2.45, 2.75) is 31.0 Å². The Morgan fingerprint density at radius 3 is 2.96 bits per heavy atom. The number of rotatable bonds is 3. The highest BCUT2D eigenvalue weighted by molar-refractivity contribution is 6.02. The fourth-order valence-electron chi connectivity index (χ4n) is 4.37. The summed E-state index contributed by atoms with van der Waals surface area (Å²) in [5.74, 6) is 1.39. The summed E-state index contributed by atoms with van der Waals surface area (Å²) in [4.78, 5) is 13.5. The molecule has 1 aromatic carbocycles. The minimum absolute atomic E-state index is 0.102. The molecule has 3 aliphatic heterocycles. The van der Waals surface area contributed by atoms with Gasteiger partial charge in [-0.25, -0.2) is 9.97 Å². The molecule has 0 saturated carbocycles. The Bertz CT molecular complexity index is 807. The van der Waals surface area contributed by atoms with E-state index in [9.17, 15) is 0 Å². The Morgan fingerprint density at radius 2 is 2.16 bits per heavy atom. The maximum absolute atomic E-state index is 6.31. The predicted molar refractivity (Wildman–Crippen MR) is 96.0 cm³/mol. The number of hydrogen-bond acceptors (Lipinski definition) is 7. The van der Waals surface area contributed by atoms with Gasteiger partial charge in [0.05, 0.1) is 29.8 Å². The smallest absolute Gasteiger partial charge is 0.144 e. The number of nitrogens with zero attached hydrogens (tertiary/aromatic N) is 4. The molecule has 3 aliphatic rings. The van der Waals surface area contributed by atoms with Crippen LogP contribution in [0.5, 0.6) is 5.75 Å². The van der Waals surface area contributed by atoms with Gasteiger partial charge in [-0.2, -0.15) is 0 Å². The van der Waals surface area contributed by atoms with Gasteiger partial charge < -0.3 is 20.1 Å². The molecule has 1 aromatic heterocycles. The molecule has 5 rings (SSSR count). The second-order valence-electron chi connectivity index (χ2n) is 7.23. The molecule has 2 aromatic rings. The normalized spacial score (nSPS) is 29.0. The number of benzene rings is 1. The molecule has 0 unspecified atom stereocenters. The van der Waals surface area contributed by atoms with Gasteiger partial charge in [0.1, 0.15) is 24.0 Å². The zero-order valence-electron chi connectivity index (χ0n) is 14.4. The lowest BCUT2D eigenvalue weighted by atomic mass is 9.94. The molecule has 3 atom stereocenters. The Morgan fingerprint density at radius 1 is 1.24 bits per heavy atom. The Kier molecular flexibility index (Phi) is 3.46. The van der Waals surface area contributed by atoms with Crippen molar-refractivity contribution in [1.82, 2.24) is 14.9 Å². The number of anilines is 2. The predicted octanol–water partition coefficient (Wildman–Crippen LogP) is 1.27. The molecular weight excluding hydrogens is 318 g/mol. The van der Waals surface area contributed by atoms with Gasteiger partial charge in [-0.05, 0) is 25.6 Å². The summed E-state index contributed by atoms with van der Waals surface area (Å²) in [7, 11) is 2.20. The fourth-order valence-corrected chi connectivity index (χ4v) is 4.37. The molecule has 2 N–H and O–H groups in total. The molecule has 3 fully saturated rings. The number of aromatic nitrogens is 2. The highest BCUT2D eigenvalue weighted by Gasteiger charge is 2.47. The van der Waals surface area contributed by atoms with Crippen molar-refractivity contribution < 1.29 is 9.47 Å². The van der Waals surface area contributed by atoms with E-state index in [2.05, 4.69) is 26.8 Å². The minimum atomic E-state index is 0.102. The number of likely N-dealkylation sites (N-methyl/N-ethyl adjacent to an activating group) is 1. The summed E-state index contributed by atoms with van der Waals surface area (Å²) in [5.41, 5.74) is 8.17. The number of nitrogens with two attached hydrogens (primary N) is 1. The van der Waals surface area contributed by atoms with Crippen LogP contribution in [0.1, 0.15) is 12.8 Å². The minimum Gasteiger partial charge on any atom is -0.486 e. The second-order valence-corrected chi connectivity index (χ2v) is 7.23. The highest BCUT2D eigenvalue weighted by atomic mass is 16.5. The summed E-state index contributed by atoms with van der Waals surface area (Å²) in [6.45, 7) is 3.53. The first-order valence-electron chi connectivity index (χ1n) is 8.97. The Hall–Kier alpha value is -2.12. The molecule has 0 spiro atoms. The average Bonchev–Trinajstić information content (AvgIpc) is 3.18. The molecule has 0 aliphatic carbocycles. The van der Waals surface area contributed by atoms with E-state index in [4.69, 9.17) is 15.2 Å². The molecule has 132 valence electrons. The maximum Gasteiger partial charge on any atom is 0.144 e. The van der Waals surface area contributed by atoms with Crippen LogP contribution in [0.3, 0.4) is 0 Å². The van der Waals surface area contributed by atoms with Crippen LogP contribution in [0.25, 0.3) is 10.9 Å². The van der Waals surface area contributed by atoms with Crippen LogP contribution in [0.15, 0.2) is 18.5 Å². The number of nitrogen functional groups attached to an aromatic ring is 1. The molecule has 0 radical (unpaired) electrons. The van der Waals surface area contributed by atoms with Gasteiger partial charge in [-0.3, -0.25) is 4.90 Å². The van der Waals surface area contributed by atoms with E-state index in [1.54, 1.807) is 0 Å². The van der Waals surface area contributed by atoms with Crippen LogP contribution in [-0.4, -0.2) is 66.4 Å². The van der Waals surface area contributed by atoms with Gasteiger partial charge in [0.25, 0.3) is 0 Å². The lowest BCUT2D eigenvalue weighted by Crippen LogP contribution is -2.61. The Balaban J connectivity index is 1.60. The van der Waals surface area contributed by atoms with E-state index in [1.807, 2.05) is 12.1 Å². The van der Waals surface area contributed by atoms with Crippen LogP contribution in [0, 0.1) is 0 Å². The zero-order valence-corrected chi connectivity index (χ0v) is 14.4. The van der Waals surface area contributed by atoms with Gasteiger partial charge in [0, 0.05) is 31.6 Å². The SMILES string of the molecule is CN1CC[C@H]2[C@@H]1CN2c1c(O[C@H]2CCOC2)ccc2ncnc(N)c12. The third kappa shape index (κ3) is 2.33. The molecule has 7 heteroatoms. The Labute approximate surface area is 146 Å². The lowest BCUT2D eigenvalue weighted by Gasteiger charge is -2.48. The second kappa shape index (κ2) is 5.71. The first-order valence-corrected chi connectivity index (χ1v) is 8.97. The largest absolute Gasteiger partial charge is 0.486 e. The molecule has 7 nitrogen and oxygen atoms in total. The van der Waals surface area contributed by atoms with E-state index in [0.717, 1.165) is 54.9 Å². The van der Waals surface area contributed by atoms with Crippen LogP contribution in [0.4, 0.5) is 11.5 Å². The molecule has 3 saturated heterocycles. The van der Waals surface area contributed by atoms with E-state index in [0.29, 0.717) is 24.5 Å². The molecular formula is C18H23N5O2. The first kappa shape index (κ1) is 15.2. The quantitative estimate of drug-likeness (QED) is 0.901. The van der Waals surface area contributed by atoms with Gasteiger partial charge in [0.2, 0.25) is 0 Å². The van der Waals surface area contributed by atoms with Crippen molar-refractivity contribution in [3.63, 3.8) is 0 Å². The highest BCUT2D eigenvalue weighted by Crippen LogP contribution is 2.45. The zero-order chi connectivity index (χ0) is 17.0. The van der Waals surface area contributed by atoms with Gasteiger partial charge in [-0.15, -0.1) is 0 Å². The molecule has 0 bridgehead atoms. The van der Waals surface area contributed by atoms with Gasteiger partial charge in [-0.1, -0.05) is 0 Å². The monoisotopic (exact) mass is 341 g/mol. The average molecular weight is 341 g/mol. The van der Waals surface area contributed by atoms with E-state index >= 15 is 0 Å². The van der Waals surface area contributed by atoms with Crippen molar-refractivity contribution in [3.05, 3.63) is 18.5 Å². The van der Waals surface area contributed by atoms with Crippen LogP contribution in [0.2, 0.25) is 0 Å².